The van der Waals surface area contributed by atoms with Gasteiger partial charge in [-0.1, -0.05) is 11.6 Å². The number of amides is 1. The third-order valence-corrected chi connectivity index (χ3v) is 4.68. The SMILES string of the molecule is O=C(Nc1ccc(Cl)cc1)Oc1sccc1Nc1ccnc2[nH]ccc12. The number of hydrogen-bond acceptors (Lipinski definition) is 5. The van der Waals surface area contributed by atoms with Gasteiger partial charge >= 0.3 is 6.09 Å². The summed E-state index contributed by atoms with van der Waals surface area (Å²) < 4.78 is 5.44. The molecule has 0 radical (unpaired) electrons. The number of H-pyrrole nitrogens is 1. The number of nitrogens with one attached hydrogen (secondary N) is 3. The van der Waals surface area contributed by atoms with E-state index in [1.54, 1.807) is 30.5 Å². The van der Waals surface area contributed by atoms with Crippen molar-refractivity contribution in [3.63, 3.8) is 0 Å². The average molecular weight is 385 g/mol. The molecule has 4 rings (SSSR count). The van der Waals surface area contributed by atoms with Gasteiger partial charge in [0.25, 0.3) is 0 Å². The molecule has 0 aliphatic rings. The first-order valence-corrected chi connectivity index (χ1v) is 8.96. The third-order valence-electron chi connectivity index (χ3n) is 3.64. The number of nitrogens with zero attached hydrogens (tertiary/aromatic N) is 1. The van der Waals surface area contributed by atoms with E-state index in [1.165, 1.54) is 11.3 Å². The van der Waals surface area contributed by atoms with E-state index in [-0.39, 0.29) is 0 Å². The summed E-state index contributed by atoms with van der Waals surface area (Å²) >= 11 is 7.16. The van der Waals surface area contributed by atoms with Crippen molar-refractivity contribution in [3.8, 4) is 5.06 Å². The molecule has 3 N–H and O–H groups in total. The number of fused-ring (bicyclic) bond motifs is 1. The summed E-state index contributed by atoms with van der Waals surface area (Å²) in [4.78, 5) is 19.5. The quantitative estimate of drug-likeness (QED) is 0.426. The van der Waals surface area contributed by atoms with Crippen LogP contribution in [0.4, 0.5) is 21.9 Å². The lowest BCUT2D eigenvalue weighted by Crippen LogP contribution is -2.16. The number of pyridine rings is 1. The van der Waals surface area contributed by atoms with Crippen molar-refractivity contribution < 1.29 is 9.53 Å². The molecule has 1 amide bonds. The number of carbonyl (C=O) groups is 1. The van der Waals surface area contributed by atoms with Crippen LogP contribution < -0.4 is 15.4 Å². The maximum absolute atomic E-state index is 12.1. The van der Waals surface area contributed by atoms with E-state index in [1.807, 2.05) is 29.8 Å². The molecule has 26 heavy (non-hydrogen) atoms. The maximum Gasteiger partial charge on any atom is 0.417 e. The number of carbonyl (C=O) groups excluding carboxylic acids is 1. The molecule has 0 aliphatic carbocycles. The van der Waals surface area contributed by atoms with Gasteiger partial charge in [0, 0.05) is 28.5 Å². The molecule has 0 spiro atoms. The third kappa shape index (κ3) is 3.49. The van der Waals surface area contributed by atoms with Crippen LogP contribution in [-0.2, 0) is 0 Å². The van der Waals surface area contributed by atoms with Crippen molar-refractivity contribution >= 4 is 57.1 Å². The van der Waals surface area contributed by atoms with Crippen LogP contribution in [0.1, 0.15) is 0 Å². The molecule has 0 unspecified atom stereocenters. The highest BCUT2D eigenvalue weighted by Crippen LogP contribution is 2.35. The zero-order valence-corrected chi connectivity index (χ0v) is 14.9. The van der Waals surface area contributed by atoms with E-state index in [0.717, 1.165) is 16.7 Å². The Bertz CT molecular complexity index is 1060. The van der Waals surface area contributed by atoms with Crippen LogP contribution in [0.15, 0.2) is 60.2 Å². The fraction of sp³-hybridized carbons (Fsp3) is 0. The summed E-state index contributed by atoms with van der Waals surface area (Å²) in [7, 11) is 0. The highest BCUT2D eigenvalue weighted by molar-refractivity contribution is 7.12. The first-order valence-electron chi connectivity index (χ1n) is 7.70. The van der Waals surface area contributed by atoms with Crippen LogP contribution in [0.3, 0.4) is 0 Å². The topological polar surface area (TPSA) is 79.0 Å². The molecule has 8 heteroatoms. The van der Waals surface area contributed by atoms with Gasteiger partial charge in [0.2, 0.25) is 5.06 Å². The monoisotopic (exact) mass is 384 g/mol. The summed E-state index contributed by atoms with van der Waals surface area (Å²) in [5.74, 6) is 0. The molecule has 0 atom stereocenters. The van der Waals surface area contributed by atoms with Crippen molar-refractivity contribution in [2.75, 3.05) is 10.6 Å². The highest BCUT2D eigenvalue weighted by Gasteiger charge is 2.13. The Morgan fingerprint density at radius 1 is 1.12 bits per heavy atom. The maximum atomic E-state index is 12.1. The van der Waals surface area contributed by atoms with Crippen LogP contribution in [0.25, 0.3) is 11.0 Å². The van der Waals surface area contributed by atoms with E-state index >= 15 is 0 Å². The van der Waals surface area contributed by atoms with Gasteiger partial charge in [0.15, 0.2) is 0 Å². The van der Waals surface area contributed by atoms with Crippen LogP contribution in [0.2, 0.25) is 5.02 Å². The molecule has 0 bridgehead atoms. The lowest BCUT2D eigenvalue weighted by molar-refractivity contribution is 0.217. The van der Waals surface area contributed by atoms with E-state index < -0.39 is 6.09 Å². The van der Waals surface area contributed by atoms with Gasteiger partial charge < -0.3 is 15.0 Å². The van der Waals surface area contributed by atoms with Gasteiger partial charge in [-0.15, -0.1) is 11.3 Å². The molecule has 6 nitrogen and oxygen atoms in total. The van der Waals surface area contributed by atoms with Gasteiger partial charge in [0.1, 0.15) is 5.65 Å². The van der Waals surface area contributed by atoms with Crippen LogP contribution in [0.5, 0.6) is 5.06 Å². The summed E-state index contributed by atoms with van der Waals surface area (Å²) in [5.41, 5.74) is 2.97. The number of benzene rings is 1. The number of aromatic nitrogens is 2. The van der Waals surface area contributed by atoms with Crippen molar-refractivity contribution in [1.82, 2.24) is 9.97 Å². The van der Waals surface area contributed by atoms with Gasteiger partial charge in [-0.2, -0.15) is 0 Å². The minimum Gasteiger partial charge on any atom is -0.397 e. The van der Waals surface area contributed by atoms with Gasteiger partial charge in [-0.25, -0.2) is 9.78 Å². The second-order valence-electron chi connectivity index (χ2n) is 5.37. The van der Waals surface area contributed by atoms with Crippen molar-refractivity contribution in [2.24, 2.45) is 0 Å². The summed E-state index contributed by atoms with van der Waals surface area (Å²) in [6.45, 7) is 0. The minimum absolute atomic E-state index is 0.469. The lowest BCUT2D eigenvalue weighted by Gasteiger charge is -2.10. The van der Waals surface area contributed by atoms with Gasteiger partial charge in [0.05, 0.1) is 11.4 Å². The molecule has 4 aromatic rings. The Morgan fingerprint density at radius 2 is 1.96 bits per heavy atom. The average Bonchev–Trinajstić information content (AvgIpc) is 3.27. The first-order chi connectivity index (χ1) is 12.7. The lowest BCUT2D eigenvalue weighted by atomic mass is 10.3. The van der Waals surface area contributed by atoms with E-state index in [4.69, 9.17) is 16.3 Å². The Kier molecular flexibility index (Phi) is 4.47. The second kappa shape index (κ2) is 7.07. The van der Waals surface area contributed by atoms with Crippen LogP contribution in [-0.4, -0.2) is 16.1 Å². The van der Waals surface area contributed by atoms with Gasteiger partial charge in [-0.3, -0.25) is 5.32 Å². The number of rotatable bonds is 4. The van der Waals surface area contributed by atoms with E-state index in [0.29, 0.717) is 21.5 Å². The number of ether oxygens (including phenoxy) is 1. The smallest absolute Gasteiger partial charge is 0.397 e. The number of thiophene rings is 1. The normalized spacial score (nSPS) is 10.7. The minimum atomic E-state index is -0.570. The molecule has 0 saturated heterocycles. The largest absolute Gasteiger partial charge is 0.417 e. The van der Waals surface area contributed by atoms with E-state index in [2.05, 4.69) is 20.6 Å². The van der Waals surface area contributed by atoms with Gasteiger partial charge in [-0.05, 0) is 47.8 Å². The number of halogens is 1. The highest BCUT2D eigenvalue weighted by atomic mass is 35.5. The Labute approximate surface area is 157 Å². The second-order valence-corrected chi connectivity index (χ2v) is 6.68. The first kappa shape index (κ1) is 16.4. The fourth-order valence-corrected chi connectivity index (χ4v) is 3.27. The summed E-state index contributed by atoms with van der Waals surface area (Å²) in [6, 6.07) is 12.5. The number of aromatic amines is 1. The predicted molar refractivity (Wildman–Crippen MR) is 105 cm³/mol. The fourth-order valence-electron chi connectivity index (χ4n) is 2.44. The Morgan fingerprint density at radius 3 is 2.81 bits per heavy atom. The molecule has 3 heterocycles. The Balaban J connectivity index is 1.49. The van der Waals surface area contributed by atoms with Crippen molar-refractivity contribution in [2.45, 2.75) is 0 Å². The molecule has 130 valence electrons. The zero-order chi connectivity index (χ0) is 17.9. The molecular formula is C18H13ClN4O2S. The Hall–Kier alpha value is -3.03. The van der Waals surface area contributed by atoms with Crippen molar-refractivity contribution in [1.29, 1.82) is 0 Å². The summed E-state index contributed by atoms with van der Waals surface area (Å²) in [6.07, 6.45) is 2.97. The molecule has 1 aromatic carbocycles. The van der Waals surface area contributed by atoms with Crippen molar-refractivity contribution in [3.05, 3.63) is 65.3 Å². The van der Waals surface area contributed by atoms with Crippen LogP contribution >= 0.6 is 22.9 Å². The van der Waals surface area contributed by atoms with Crippen LogP contribution in [0, 0.1) is 0 Å². The summed E-state index contributed by atoms with van der Waals surface area (Å²) in [5, 5.41) is 9.83. The molecule has 3 aromatic heterocycles. The standard InChI is InChI=1S/C18H13ClN4O2S/c19-11-1-3-12(4-2-11)22-18(24)25-17-15(7-10-26-17)23-14-6-9-21-16-13(14)5-8-20-16/h1-10H,(H,22,24)(H2,20,21,23). The number of anilines is 3. The molecule has 0 saturated carbocycles. The van der Waals surface area contributed by atoms with E-state index in [9.17, 15) is 4.79 Å². The zero-order valence-electron chi connectivity index (χ0n) is 13.3. The molecule has 0 fully saturated rings. The molecule has 0 aliphatic heterocycles. The number of hydrogen-bond donors (Lipinski definition) is 3. The molecular weight excluding hydrogens is 372 g/mol. The predicted octanol–water partition coefficient (Wildman–Crippen LogP) is 5.63.